The van der Waals surface area contributed by atoms with Gasteiger partial charge in [-0.1, -0.05) is 6.92 Å². The summed E-state index contributed by atoms with van der Waals surface area (Å²) >= 11 is 0. The fraction of sp³-hybridized carbons (Fsp3) is 0.714. The maximum absolute atomic E-state index is 12.4. The van der Waals surface area contributed by atoms with Gasteiger partial charge in [0, 0.05) is 0 Å². The topological polar surface area (TPSA) is 0 Å². The van der Waals surface area contributed by atoms with Crippen LogP contribution in [-0.4, -0.2) is 6.17 Å². The standard InChI is InChI=1S/C7H12F2/c1-4-6(8)7(9)5(2)3/h6H,4H2,1-3H3. The second-order valence-electron chi connectivity index (χ2n) is 2.22. The molecule has 9 heavy (non-hydrogen) atoms. The van der Waals surface area contributed by atoms with Crippen LogP contribution in [-0.2, 0) is 0 Å². The van der Waals surface area contributed by atoms with Crippen LogP contribution in [0.5, 0.6) is 0 Å². The zero-order valence-electron chi connectivity index (χ0n) is 6.04. The Balaban J connectivity index is 4.02. The molecule has 0 aromatic carbocycles. The monoisotopic (exact) mass is 134 g/mol. The number of allylic oxidation sites excluding steroid dienone is 2. The van der Waals surface area contributed by atoms with Crippen molar-refractivity contribution in [1.82, 2.24) is 0 Å². The fourth-order valence-electron chi connectivity index (χ4n) is 0.492. The lowest BCUT2D eigenvalue weighted by molar-refractivity contribution is 0.314. The Morgan fingerprint density at radius 1 is 1.44 bits per heavy atom. The molecule has 0 aliphatic rings. The molecule has 0 heterocycles. The quantitative estimate of drug-likeness (QED) is 0.544. The lowest BCUT2D eigenvalue weighted by atomic mass is 10.2. The first-order chi connectivity index (χ1) is 4.09. The first-order valence-electron chi connectivity index (χ1n) is 3.06. The normalized spacial score (nSPS) is 13.0. The smallest absolute Gasteiger partial charge is 0.151 e. The van der Waals surface area contributed by atoms with Crippen molar-refractivity contribution in [1.29, 1.82) is 0 Å². The molecule has 0 saturated carbocycles. The molecule has 0 N–H and O–H groups in total. The average Bonchev–Trinajstić information content (AvgIpc) is 1.84. The third-order valence-electron chi connectivity index (χ3n) is 1.11. The van der Waals surface area contributed by atoms with Crippen molar-refractivity contribution in [3.05, 3.63) is 11.4 Å². The number of rotatable bonds is 2. The zero-order valence-corrected chi connectivity index (χ0v) is 6.04. The third kappa shape index (κ3) is 2.59. The molecule has 0 saturated heterocycles. The van der Waals surface area contributed by atoms with E-state index < -0.39 is 12.0 Å². The highest BCUT2D eigenvalue weighted by atomic mass is 19.2. The third-order valence-corrected chi connectivity index (χ3v) is 1.11. The molecule has 54 valence electrons. The first-order valence-corrected chi connectivity index (χ1v) is 3.06. The van der Waals surface area contributed by atoms with Crippen molar-refractivity contribution in [3.63, 3.8) is 0 Å². The van der Waals surface area contributed by atoms with Gasteiger partial charge in [-0.3, -0.25) is 0 Å². The van der Waals surface area contributed by atoms with Gasteiger partial charge < -0.3 is 0 Å². The number of hydrogen-bond donors (Lipinski definition) is 0. The van der Waals surface area contributed by atoms with Gasteiger partial charge in [-0.25, -0.2) is 8.78 Å². The van der Waals surface area contributed by atoms with Gasteiger partial charge in [-0.15, -0.1) is 0 Å². The minimum Gasteiger partial charge on any atom is -0.240 e. The number of hydrogen-bond acceptors (Lipinski definition) is 0. The van der Waals surface area contributed by atoms with E-state index in [0.29, 0.717) is 5.57 Å². The summed E-state index contributed by atoms with van der Waals surface area (Å²) in [5.74, 6) is -0.613. The Bertz CT molecular complexity index is 112. The molecule has 0 radical (unpaired) electrons. The van der Waals surface area contributed by atoms with Crippen LogP contribution >= 0.6 is 0 Å². The van der Waals surface area contributed by atoms with Crippen molar-refractivity contribution in [2.75, 3.05) is 0 Å². The van der Waals surface area contributed by atoms with Gasteiger partial charge in [0.1, 0.15) is 5.83 Å². The second-order valence-corrected chi connectivity index (χ2v) is 2.22. The molecular formula is C7H12F2. The second kappa shape index (κ2) is 3.59. The minimum absolute atomic E-state index is 0.219. The molecule has 0 nitrogen and oxygen atoms in total. The highest BCUT2D eigenvalue weighted by Gasteiger charge is 2.10. The van der Waals surface area contributed by atoms with Gasteiger partial charge in [-0.2, -0.15) is 0 Å². The maximum Gasteiger partial charge on any atom is 0.151 e. The van der Waals surface area contributed by atoms with Gasteiger partial charge in [0.2, 0.25) is 0 Å². The molecule has 0 rings (SSSR count). The summed E-state index contributed by atoms with van der Waals surface area (Å²) in [5.41, 5.74) is 0.435. The Morgan fingerprint density at radius 2 is 1.89 bits per heavy atom. The molecule has 0 aromatic heterocycles. The molecular weight excluding hydrogens is 122 g/mol. The van der Waals surface area contributed by atoms with Crippen molar-refractivity contribution < 1.29 is 8.78 Å². The molecule has 0 spiro atoms. The molecule has 0 fully saturated rings. The summed E-state index contributed by atoms with van der Waals surface area (Å²) in [6.45, 7) is 4.75. The van der Waals surface area contributed by atoms with Crippen LogP contribution in [0, 0.1) is 0 Å². The van der Waals surface area contributed by atoms with Crippen molar-refractivity contribution in [2.24, 2.45) is 0 Å². The van der Waals surface area contributed by atoms with Crippen LogP contribution in [0.1, 0.15) is 27.2 Å². The molecule has 0 aliphatic carbocycles. The van der Waals surface area contributed by atoms with E-state index in [1.54, 1.807) is 20.8 Å². The average molecular weight is 134 g/mol. The predicted molar refractivity (Wildman–Crippen MR) is 34.7 cm³/mol. The van der Waals surface area contributed by atoms with Crippen LogP contribution in [0.25, 0.3) is 0 Å². The highest BCUT2D eigenvalue weighted by molar-refractivity contribution is 5.06. The summed E-state index contributed by atoms with van der Waals surface area (Å²) in [4.78, 5) is 0. The van der Waals surface area contributed by atoms with Gasteiger partial charge in [-0.05, 0) is 25.8 Å². The summed E-state index contributed by atoms with van der Waals surface area (Å²) in [5, 5.41) is 0. The lowest BCUT2D eigenvalue weighted by Crippen LogP contribution is -1.99. The molecule has 1 unspecified atom stereocenters. The molecule has 0 bridgehead atoms. The number of alkyl halides is 1. The Kier molecular flexibility index (Phi) is 3.43. The summed E-state index contributed by atoms with van der Waals surface area (Å²) in [6.07, 6.45) is -1.17. The van der Waals surface area contributed by atoms with Gasteiger partial charge in [0.15, 0.2) is 6.17 Å². The zero-order chi connectivity index (χ0) is 7.44. The summed E-state index contributed by atoms with van der Waals surface area (Å²) in [7, 11) is 0. The van der Waals surface area contributed by atoms with Crippen LogP contribution in [0.4, 0.5) is 8.78 Å². The maximum atomic E-state index is 12.4. The summed E-state index contributed by atoms with van der Waals surface area (Å²) in [6, 6.07) is 0. The number of halogens is 2. The predicted octanol–water partition coefficient (Wildman–Crippen LogP) is 3.00. The Labute approximate surface area is 54.6 Å². The van der Waals surface area contributed by atoms with E-state index in [1.165, 1.54) is 0 Å². The van der Waals surface area contributed by atoms with E-state index in [2.05, 4.69) is 0 Å². The van der Waals surface area contributed by atoms with Gasteiger partial charge >= 0.3 is 0 Å². The largest absolute Gasteiger partial charge is 0.240 e. The van der Waals surface area contributed by atoms with Crippen LogP contribution in [0.3, 0.4) is 0 Å². The van der Waals surface area contributed by atoms with Crippen molar-refractivity contribution in [3.8, 4) is 0 Å². The van der Waals surface area contributed by atoms with E-state index in [-0.39, 0.29) is 6.42 Å². The molecule has 0 amide bonds. The van der Waals surface area contributed by atoms with E-state index in [9.17, 15) is 8.78 Å². The van der Waals surface area contributed by atoms with Crippen LogP contribution in [0.2, 0.25) is 0 Å². The van der Waals surface area contributed by atoms with Crippen molar-refractivity contribution in [2.45, 2.75) is 33.4 Å². The van der Waals surface area contributed by atoms with Crippen LogP contribution in [0.15, 0.2) is 11.4 Å². The molecule has 0 aromatic rings. The van der Waals surface area contributed by atoms with Gasteiger partial charge in [0.25, 0.3) is 0 Å². The van der Waals surface area contributed by atoms with E-state index in [4.69, 9.17) is 0 Å². The Morgan fingerprint density at radius 3 is 2.00 bits per heavy atom. The Hall–Kier alpha value is -0.400. The van der Waals surface area contributed by atoms with Gasteiger partial charge in [0.05, 0.1) is 0 Å². The highest BCUT2D eigenvalue weighted by Crippen LogP contribution is 2.15. The lowest BCUT2D eigenvalue weighted by Gasteiger charge is -2.01. The molecule has 1 atom stereocenters. The van der Waals surface area contributed by atoms with Crippen LogP contribution < -0.4 is 0 Å². The van der Waals surface area contributed by atoms with E-state index >= 15 is 0 Å². The molecule has 0 aliphatic heterocycles. The fourth-order valence-corrected chi connectivity index (χ4v) is 0.492. The SMILES string of the molecule is CCC(F)C(F)=C(C)C. The van der Waals surface area contributed by atoms with Crippen molar-refractivity contribution >= 4 is 0 Å². The molecule has 2 heteroatoms. The minimum atomic E-state index is -1.39. The first kappa shape index (κ1) is 8.60. The van der Waals surface area contributed by atoms with E-state index in [0.717, 1.165) is 0 Å². The summed E-state index contributed by atoms with van der Waals surface area (Å²) < 4.78 is 24.8. The van der Waals surface area contributed by atoms with E-state index in [1.807, 2.05) is 0 Å².